The van der Waals surface area contributed by atoms with Crippen LogP contribution in [0.25, 0.3) is 0 Å². The van der Waals surface area contributed by atoms with Gasteiger partial charge in [0.2, 0.25) is 0 Å². The molecule has 2 atom stereocenters. The molecule has 6 nitrogen and oxygen atoms in total. The van der Waals surface area contributed by atoms with Gasteiger partial charge in [0, 0.05) is 57.0 Å². The molecule has 174 valence electrons. The van der Waals surface area contributed by atoms with Crippen molar-refractivity contribution in [3.63, 3.8) is 0 Å². The highest BCUT2D eigenvalue weighted by Gasteiger charge is 2.41. The van der Waals surface area contributed by atoms with Crippen molar-refractivity contribution in [3.05, 3.63) is 35.9 Å². The number of likely N-dealkylation sites (tertiary alicyclic amines) is 1. The predicted octanol–water partition coefficient (Wildman–Crippen LogP) is 2.93. The molecule has 0 saturated carbocycles. The minimum Gasteiger partial charge on any atom is -0.379 e. The highest BCUT2D eigenvalue weighted by Crippen LogP contribution is 2.33. The molecule has 3 aliphatic rings. The Labute approximate surface area is 208 Å². The molecule has 1 N–H and O–H groups in total. The third-order valence-corrected chi connectivity index (χ3v) is 7.84. The van der Waals surface area contributed by atoms with E-state index in [1.807, 2.05) is 13.1 Å². The van der Waals surface area contributed by atoms with Gasteiger partial charge in [0.25, 0.3) is 0 Å². The summed E-state index contributed by atoms with van der Waals surface area (Å²) >= 11 is 2.08. The number of morpholine rings is 1. The Balaban J connectivity index is 0.00000272. The monoisotopic (exact) mass is 560 g/mol. The summed E-state index contributed by atoms with van der Waals surface area (Å²) in [5, 5.41) is 3.73. The van der Waals surface area contributed by atoms with Crippen LogP contribution in [0.15, 0.2) is 35.3 Å². The summed E-state index contributed by atoms with van der Waals surface area (Å²) in [6.45, 7) is 8.37. The van der Waals surface area contributed by atoms with E-state index in [1.165, 1.54) is 29.9 Å². The van der Waals surface area contributed by atoms with Crippen LogP contribution in [0.3, 0.4) is 0 Å². The number of benzene rings is 1. The van der Waals surface area contributed by atoms with E-state index in [0.29, 0.717) is 12.5 Å². The van der Waals surface area contributed by atoms with E-state index in [2.05, 4.69) is 56.1 Å². The van der Waals surface area contributed by atoms with Crippen LogP contribution >= 0.6 is 35.7 Å². The van der Waals surface area contributed by atoms with Crippen LogP contribution in [0.5, 0.6) is 0 Å². The van der Waals surface area contributed by atoms with Crippen LogP contribution in [-0.4, -0.2) is 92.4 Å². The molecule has 2 unspecified atom stereocenters. The quantitative estimate of drug-likeness (QED) is 0.315. The van der Waals surface area contributed by atoms with E-state index in [0.717, 1.165) is 58.5 Å². The van der Waals surface area contributed by atoms with Crippen LogP contribution in [-0.2, 0) is 16.1 Å². The van der Waals surface area contributed by atoms with Gasteiger partial charge >= 0.3 is 0 Å². The van der Waals surface area contributed by atoms with Gasteiger partial charge in [-0.3, -0.25) is 9.89 Å². The van der Waals surface area contributed by atoms with Gasteiger partial charge in [-0.1, -0.05) is 30.3 Å². The molecule has 0 bridgehead atoms. The zero-order chi connectivity index (χ0) is 20.7. The number of rotatable bonds is 7. The fourth-order valence-corrected chi connectivity index (χ4v) is 6.27. The first-order valence-electron chi connectivity index (χ1n) is 11.3. The molecular weight excluding hydrogens is 523 g/mol. The lowest BCUT2D eigenvalue weighted by Crippen LogP contribution is -2.60. The Bertz CT molecular complexity index is 681. The van der Waals surface area contributed by atoms with Crippen molar-refractivity contribution in [1.82, 2.24) is 15.1 Å². The standard InChI is InChI=1S/C23H36N4O2S.HI/c1-24-22(25-18-23(8-14-30-19-23)27-10-12-28-13-11-27)26-9-7-21(15-26)17-29-16-20-5-3-2-4-6-20;/h2-6,21H,7-19H2,1H3,(H,24,25);1H. The normalized spacial score (nSPS) is 27.3. The van der Waals surface area contributed by atoms with Gasteiger partial charge in [0.15, 0.2) is 5.96 Å². The Hall–Kier alpha value is -0.550. The Morgan fingerprint density at radius 1 is 1.26 bits per heavy atom. The molecule has 8 heteroatoms. The number of ether oxygens (including phenoxy) is 2. The molecule has 0 aromatic heterocycles. The van der Waals surface area contributed by atoms with Crippen LogP contribution in [0.1, 0.15) is 18.4 Å². The lowest BCUT2D eigenvalue weighted by Gasteiger charge is -2.43. The molecule has 1 aromatic rings. The molecule has 31 heavy (non-hydrogen) atoms. The van der Waals surface area contributed by atoms with E-state index >= 15 is 0 Å². The van der Waals surface area contributed by atoms with Crippen LogP contribution < -0.4 is 5.32 Å². The molecule has 4 rings (SSSR count). The second-order valence-electron chi connectivity index (χ2n) is 8.63. The molecule has 0 radical (unpaired) electrons. The molecule has 0 spiro atoms. The first-order chi connectivity index (χ1) is 14.8. The van der Waals surface area contributed by atoms with Crippen molar-refractivity contribution in [2.24, 2.45) is 10.9 Å². The summed E-state index contributed by atoms with van der Waals surface area (Å²) < 4.78 is 11.6. The van der Waals surface area contributed by atoms with E-state index in [9.17, 15) is 0 Å². The molecule has 0 aliphatic carbocycles. The summed E-state index contributed by atoms with van der Waals surface area (Å²) in [5.74, 6) is 4.07. The number of guanidine groups is 1. The first-order valence-corrected chi connectivity index (χ1v) is 12.4. The van der Waals surface area contributed by atoms with Gasteiger partial charge in [-0.05, 0) is 24.2 Å². The predicted molar refractivity (Wildman–Crippen MR) is 140 cm³/mol. The summed E-state index contributed by atoms with van der Waals surface area (Å²) in [5.41, 5.74) is 1.48. The Kier molecular flexibility index (Phi) is 10.2. The second-order valence-corrected chi connectivity index (χ2v) is 9.73. The van der Waals surface area contributed by atoms with E-state index in [4.69, 9.17) is 9.47 Å². The molecule has 3 aliphatic heterocycles. The number of thioether (sulfide) groups is 1. The average molecular weight is 561 g/mol. The molecule has 3 heterocycles. The average Bonchev–Trinajstić information content (AvgIpc) is 3.47. The van der Waals surface area contributed by atoms with Gasteiger partial charge < -0.3 is 19.7 Å². The van der Waals surface area contributed by atoms with Gasteiger partial charge in [0.1, 0.15) is 0 Å². The maximum absolute atomic E-state index is 5.99. The fraction of sp³-hybridized carbons (Fsp3) is 0.696. The minimum absolute atomic E-state index is 0. The smallest absolute Gasteiger partial charge is 0.193 e. The zero-order valence-corrected chi connectivity index (χ0v) is 21.8. The van der Waals surface area contributed by atoms with Crippen molar-refractivity contribution in [3.8, 4) is 0 Å². The highest BCUT2D eigenvalue weighted by molar-refractivity contribution is 14.0. The third-order valence-electron chi connectivity index (χ3n) is 6.60. The van der Waals surface area contributed by atoms with Crippen molar-refractivity contribution in [2.45, 2.75) is 25.0 Å². The van der Waals surface area contributed by atoms with E-state index in [1.54, 1.807) is 0 Å². The molecule has 3 saturated heterocycles. The van der Waals surface area contributed by atoms with Crippen molar-refractivity contribution in [2.75, 3.05) is 71.1 Å². The largest absolute Gasteiger partial charge is 0.379 e. The van der Waals surface area contributed by atoms with Gasteiger partial charge in [-0.25, -0.2) is 0 Å². The van der Waals surface area contributed by atoms with Crippen molar-refractivity contribution in [1.29, 1.82) is 0 Å². The number of halogens is 1. The number of hydrogen-bond acceptors (Lipinski definition) is 5. The number of aliphatic imine (C=N–C) groups is 1. The summed E-state index contributed by atoms with van der Waals surface area (Å²) in [7, 11) is 1.91. The SMILES string of the molecule is CN=C(NCC1(N2CCOCC2)CCSC1)N1CCC(COCc2ccccc2)C1.I. The Morgan fingerprint density at radius 2 is 2.06 bits per heavy atom. The summed E-state index contributed by atoms with van der Waals surface area (Å²) in [4.78, 5) is 9.67. The maximum Gasteiger partial charge on any atom is 0.193 e. The first kappa shape index (κ1) is 25.1. The maximum atomic E-state index is 5.99. The second kappa shape index (κ2) is 12.6. The number of hydrogen-bond donors (Lipinski definition) is 1. The summed E-state index contributed by atoms with van der Waals surface area (Å²) in [6, 6.07) is 10.4. The van der Waals surface area contributed by atoms with Crippen LogP contribution in [0.4, 0.5) is 0 Å². The molecule has 1 aromatic carbocycles. The lowest BCUT2D eigenvalue weighted by atomic mass is 9.95. The number of nitrogens with zero attached hydrogens (tertiary/aromatic N) is 3. The van der Waals surface area contributed by atoms with E-state index in [-0.39, 0.29) is 29.5 Å². The summed E-state index contributed by atoms with van der Waals surface area (Å²) in [6.07, 6.45) is 2.41. The van der Waals surface area contributed by atoms with Crippen molar-refractivity contribution >= 4 is 41.7 Å². The molecule has 3 fully saturated rings. The number of nitrogens with one attached hydrogen (secondary N) is 1. The highest BCUT2D eigenvalue weighted by atomic mass is 127. The van der Waals surface area contributed by atoms with Crippen molar-refractivity contribution < 1.29 is 9.47 Å². The Morgan fingerprint density at radius 3 is 2.77 bits per heavy atom. The van der Waals surface area contributed by atoms with Crippen LogP contribution in [0.2, 0.25) is 0 Å². The zero-order valence-electron chi connectivity index (χ0n) is 18.6. The third kappa shape index (κ3) is 6.72. The van der Waals surface area contributed by atoms with E-state index < -0.39 is 0 Å². The minimum atomic E-state index is 0. The van der Waals surface area contributed by atoms with Crippen LogP contribution in [0, 0.1) is 5.92 Å². The fourth-order valence-electron chi connectivity index (χ4n) is 4.79. The molecule has 0 amide bonds. The molecular formula is C23H37IN4O2S. The lowest BCUT2D eigenvalue weighted by molar-refractivity contribution is -0.0121. The van der Waals surface area contributed by atoms with Gasteiger partial charge in [-0.2, -0.15) is 11.8 Å². The topological polar surface area (TPSA) is 49.3 Å². The van der Waals surface area contributed by atoms with Gasteiger partial charge in [0.05, 0.1) is 26.4 Å². The van der Waals surface area contributed by atoms with Gasteiger partial charge in [-0.15, -0.1) is 24.0 Å².